The van der Waals surface area contributed by atoms with Crippen LogP contribution in [0.2, 0.25) is 0 Å². The third kappa shape index (κ3) is 5.84. The summed E-state index contributed by atoms with van der Waals surface area (Å²) in [5, 5.41) is 21.5. The molecule has 4 N–H and O–H groups in total. The summed E-state index contributed by atoms with van der Waals surface area (Å²) in [6.07, 6.45) is 0.216. The van der Waals surface area contributed by atoms with Crippen molar-refractivity contribution in [2.24, 2.45) is 10.1 Å². The van der Waals surface area contributed by atoms with Crippen molar-refractivity contribution in [2.75, 3.05) is 12.4 Å². The van der Waals surface area contributed by atoms with Crippen molar-refractivity contribution in [3.8, 4) is 0 Å². The maximum absolute atomic E-state index is 13.3. The number of hydroxylamine groups is 1. The molecule has 1 aromatic heterocycles. The number of aliphatic imine (C=N–C) groups is 1. The van der Waals surface area contributed by atoms with E-state index in [9.17, 15) is 18.0 Å². The lowest BCUT2D eigenvalue weighted by atomic mass is 10.2. The molecule has 1 heterocycles. The van der Waals surface area contributed by atoms with Gasteiger partial charge in [-0.05, 0) is 42.3 Å². The number of nitrogens with one attached hydrogen (secondary N) is 1. The van der Waals surface area contributed by atoms with Crippen LogP contribution in [0.3, 0.4) is 0 Å². The molecule has 0 aliphatic rings. The minimum atomic E-state index is -3.54. The minimum absolute atomic E-state index is 0.0490. The molecule has 0 aliphatic heterocycles. The van der Waals surface area contributed by atoms with Crippen LogP contribution in [0.4, 0.5) is 10.1 Å². The van der Waals surface area contributed by atoms with E-state index in [-0.39, 0.29) is 48.4 Å². The molecule has 2 rings (SSSR count). The number of rotatable bonds is 8. The van der Waals surface area contributed by atoms with E-state index in [1.165, 1.54) is 18.2 Å². The van der Waals surface area contributed by atoms with Crippen molar-refractivity contribution in [3.05, 3.63) is 41.0 Å². The summed E-state index contributed by atoms with van der Waals surface area (Å²) in [6, 6.07) is 4.17. The van der Waals surface area contributed by atoms with Gasteiger partial charge in [0.1, 0.15) is 11.5 Å². The monoisotopic (exact) mass is 387 g/mol. The Morgan fingerprint density at radius 3 is 2.88 bits per heavy atom. The number of aryl methyl sites for hydroxylation is 1. The van der Waals surface area contributed by atoms with Gasteiger partial charge in [-0.1, -0.05) is 5.16 Å². The summed E-state index contributed by atoms with van der Waals surface area (Å²) in [5.41, 5.74) is 2.99. The summed E-state index contributed by atoms with van der Waals surface area (Å²) in [6.45, 7) is 1.66. The Labute approximate surface area is 148 Å². The lowest BCUT2D eigenvalue weighted by molar-refractivity contribution is 0.116. The topological polar surface area (TPSA) is 153 Å². The number of hydrogen-bond donors (Lipinski definition) is 3. The normalized spacial score (nSPS) is 12.4. The molecule has 0 unspecified atom stereocenters. The van der Waals surface area contributed by atoms with Gasteiger partial charge in [0.25, 0.3) is 0 Å². The van der Waals surface area contributed by atoms with Gasteiger partial charge in [-0.2, -0.15) is 0 Å². The first kappa shape index (κ1) is 19.9. The van der Waals surface area contributed by atoms with Crippen molar-refractivity contribution in [2.45, 2.75) is 20.0 Å². The summed E-state index contributed by atoms with van der Waals surface area (Å²) in [7, 11) is -3.54. The first-order valence-electron chi connectivity index (χ1n) is 7.45. The molecule has 0 atom stereocenters. The molecule has 10 nitrogen and oxygen atoms in total. The summed E-state index contributed by atoms with van der Waals surface area (Å²) >= 11 is 0. The zero-order valence-electron chi connectivity index (χ0n) is 13.8. The average molecular weight is 387 g/mol. The van der Waals surface area contributed by atoms with Crippen LogP contribution in [0.25, 0.3) is 0 Å². The van der Waals surface area contributed by atoms with E-state index in [2.05, 4.69) is 19.9 Å². The van der Waals surface area contributed by atoms with Crippen molar-refractivity contribution in [3.63, 3.8) is 0 Å². The second-order valence-electron chi connectivity index (χ2n) is 5.34. The molecule has 0 bridgehead atoms. The molecule has 26 heavy (non-hydrogen) atoms. The number of primary sulfonamides is 1. The minimum Gasteiger partial charge on any atom is -0.375 e. The number of amidine groups is 1. The van der Waals surface area contributed by atoms with Crippen molar-refractivity contribution in [1.29, 1.82) is 0 Å². The van der Waals surface area contributed by atoms with E-state index in [4.69, 9.17) is 9.88 Å². The van der Waals surface area contributed by atoms with Gasteiger partial charge < -0.3 is 4.74 Å². The number of sulfonamides is 1. The highest BCUT2D eigenvalue weighted by Gasteiger charge is 2.17. The average Bonchev–Trinajstić information content (AvgIpc) is 3.03. The zero-order valence-corrected chi connectivity index (χ0v) is 14.7. The Hall–Kier alpha value is -2.41. The Bertz CT molecular complexity index is 884. The number of benzene rings is 1. The maximum Gasteiger partial charge on any atom is 0.209 e. The summed E-state index contributed by atoms with van der Waals surface area (Å²) < 4.78 is 44.9. The third-order valence-corrected chi connectivity index (χ3v) is 4.08. The number of halogens is 1. The van der Waals surface area contributed by atoms with Gasteiger partial charge in [-0.3, -0.25) is 10.7 Å². The number of ether oxygens (including phenoxy) is 1. The molecule has 0 saturated carbocycles. The van der Waals surface area contributed by atoms with Gasteiger partial charge in [0.2, 0.25) is 10.0 Å². The lowest BCUT2D eigenvalue weighted by Crippen LogP contribution is -2.22. The molecule has 2 aromatic rings. The fraction of sp³-hybridized carbons (Fsp3) is 0.357. The molecule has 142 valence electrons. The van der Waals surface area contributed by atoms with Crippen LogP contribution < -0.4 is 10.6 Å². The molecule has 0 amide bonds. The predicted octanol–water partition coefficient (Wildman–Crippen LogP) is 0.769. The second kappa shape index (κ2) is 8.80. The fourth-order valence-corrected chi connectivity index (χ4v) is 2.49. The van der Waals surface area contributed by atoms with E-state index in [1.54, 1.807) is 6.92 Å². The summed E-state index contributed by atoms with van der Waals surface area (Å²) in [5.74, 6) is -0.648. The first-order valence-corrected chi connectivity index (χ1v) is 9.16. The number of nitrogens with zero attached hydrogens (tertiary/aromatic N) is 3. The summed E-state index contributed by atoms with van der Waals surface area (Å²) in [4.78, 5) is 4.13. The highest BCUT2D eigenvalue weighted by Crippen LogP contribution is 2.18. The van der Waals surface area contributed by atoms with E-state index in [0.717, 1.165) is 0 Å². The van der Waals surface area contributed by atoms with Crippen molar-refractivity contribution >= 4 is 21.5 Å². The Morgan fingerprint density at radius 1 is 1.46 bits per heavy atom. The van der Waals surface area contributed by atoms with Crippen LogP contribution in [0.15, 0.2) is 27.8 Å². The maximum atomic E-state index is 13.3. The smallest absolute Gasteiger partial charge is 0.209 e. The van der Waals surface area contributed by atoms with Gasteiger partial charge in [0, 0.05) is 6.61 Å². The van der Waals surface area contributed by atoms with Gasteiger partial charge in [-0.15, -0.1) is 0 Å². The Balaban J connectivity index is 2.06. The standard InChI is InChI=1S/C14H18FN5O5S/c1-9-7-10(3-4-11(9)15)17-14(18-21)13-12(19-25-20-13)8-24-5-2-6-26(16,22)23/h3-4,7,21H,2,5-6,8H2,1H3,(H,17,18)(H2,16,22,23). The van der Waals surface area contributed by atoms with Crippen LogP contribution in [-0.2, 0) is 21.4 Å². The van der Waals surface area contributed by atoms with Crippen LogP contribution in [-0.4, -0.2) is 42.1 Å². The zero-order chi connectivity index (χ0) is 19.2. The van der Waals surface area contributed by atoms with Crippen molar-refractivity contribution < 1.29 is 27.4 Å². The largest absolute Gasteiger partial charge is 0.375 e. The SMILES string of the molecule is Cc1cc(N=C(NO)c2nonc2COCCCS(N)(=O)=O)ccc1F. The van der Waals surface area contributed by atoms with Gasteiger partial charge in [0.05, 0.1) is 18.0 Å². The molecular formula is C14H18FN5O5S. The Morgan fingerprint density at radius 2 is 2.23 bits per heavy atom. The van der Waals surface area contributed by atoms with Crippen LogP contribution >= 0.6 is 0 Å². The molecule has 0 radical (unpaired) electrons. The highest BCUT2D eigenvalue weighted by atomic mass is 32.2. The number of hydrogen-bond acceptors (Lipinski definition) is 8. The van der Waals surface area contributed by atoms with Crippen LogP contribution in [0.1, 0.15) is 23.4 Å². The van der Waals surface area contributed by atoms with Gasteiger partial charge in [-0.25, -0.2) is 27.6 Å². The van der Waals surface area contributed by atoms with Crippen molar-refractivity contribution in [1.82, 2.24) is 15.8 Å². The van der Waals surface area contributed by atoms with E-state index in [0.29, 0.717) is 11.3 Å². The molecule has 0 fully saturated rings. The fourth-order valence-electron chi connectivity index (χ4n) is 1.97. The van der Waals surface area contributed by atoms with Crippen LogP contribution in [0.5, 0.6) is 0 Å². The molecule has 0 spiro atoms. The second-order valence-corrected chi connectivity index (χ2v) is 7.07. The predicted molar refractivity (Wildman–Crippen MR) is 88.8 cm³/mol. The number of nitrogens with two attached hydrogens (primary N) is 1. The lowest BCUT2D eigenvalue weighted by Gasteiger charge is -2.05. The van der Waals surface area contributed by atoms with E-state index >= 15 is 0 Å². The Kier molecular flexibility index (Phi) is 6.74. The van der Waals surface area contributed by atoms with Gasteiger partial charge >= 0.3 is 0 Å². The quantitative estimate of drug-likeness (QED) is 0.260. The van der Waals surface area contributed by atoms with E-state index in [1.807, 2.05) is 5.48 Å². The first-order chi connectivity index (χ1) is 12.3. The van der Waals surface area contributed by atoms with E-state index < -0.39 is 10.0 Å². The van der Waals surface area contributed by atoms with Crippen LogP contribution in [0, 0.1) is 12.7 Å². The molecule has 12 heteroatoms. The molecule has 0 aliphatic carbocycles. The molecule has 1 aromatic carbocycles. The van der Waals surface area contributed by atoms with Gasteiger partial charge in [0.15, 0.2) is 11.5 Å². The highest BCUT2D eigenvalue weighted by molar-refractivity contribution is 7.89. The third-order valence-electron chi connectivity index (χ3n) is 3.23. The molecular weight excluding hydrogens is 369 g/mol. The molecule has 0 saturated heterocycles. The number of aromatic nitrogens is 2.